The average Bonchev–Trinajstić information content (AvgIpc) is 3.35. The number of rotatable bonds is 4. The highest BCUT2D eigenvalue weighted by molar-refractivity contribution is 7.09. The fourth-order valence-corrected chi connectivity index (χ4v) is 4.97. The standard InChI is InChI=1S/C21H20N4OS/c26-25-19(14-5-4-6-14)20-16-9-10-21(11-17(16)23-24-20,18-12-22-13-27-18)15-7-2-1-3-8-15/h1-3,7-10,12-14,26H,4-6,11H2,(H,23,24)/b25-19+. The van der Waals surface area contributed by atoms with E-state index in [0.29, 0.717) is 11.6 Å². The predicted molar refractivity (Wildman–Crippen MR) is 106 cm³/mol. The first-order valence-electron chi connectivity index (χ1n) is 9.25. The van der Waals surface area contributed by atoms with Gasteiger partial charge < -0.3 is 5.21 Å². The average molecular weight is 376 g/mol. The summed E-state index contributed by atoms with van der Waals surface area (Å²) < 4.78 is 0. The van der Waals surface area contributed by atoms with Gasteiger partial charge in [-0.1, -0.05) is 54.1 Å². The van der Waals surface area contributed by atoms with Crippen molar-refractivity contribution >= 4 is 23.1 Å². The first kappa shape index (κ1) is 16.4. The van der Waals surface area contributed by atoms with E-state index in [2.05, 4.69) is 56.8 Å². The summed E-state index contributed by atoms with van der Waals surface area (Å²) in [4.78, 5) is 5.53. The maximum Gasteiger partial charge on any atom is 0.117 e. The van der Waals surface area contributed by atoms with Crippen LogP contribution in [0.1, 0.15) is 46.7 Å². The molecule has 136 valence electrons. The molecule has 1 atom stereocenters. The van der Waals surface area contributed by atoms with Gasteiger partial charge in [0.15, 0.2) is 0 Å². The molecule has 1 unspecified atom stereocenters. The van der Waals surface area contributed by atoms with Gasteiger partial charge in [-0.25, -0.2) is 0 Å². The van der Waals surface area contributed by atoms with Crippen LogP contribution in [0.5, 0.6) is 0 Å². The van der Waals surface area contributed by atoms with Gasteiger partial charge >= 0.3 is 0 Å². The van der Waals surface area contributed by atoms with E-state index in [1.807, 2.05) is 17.8 Å². The van der Waals surface area contributed by atoms with Gasteiger partial charge in [-0.05, 0) is 18.4 Å². The molecule has 27 heavy (non-hydrogen) atoms. The predicted octanol–water partition coefficient (Wildman–Crippen LogP) is 4.40. The summed E-state index contributed by atoms with van der Waals surface area (Å²) in [7, 11) is 0. The SMILES string of the molecule is O/N=C(/c1n[nH]c2c1C=CC(c1ccccc1)(c1cncs1)C2)C1CCC1. The Labute approximate surface area is 161 Å². The fraction of sp³-hybridized carbons (Fsp3) is 0.286. The third-order valence-corrected chi connectivity index (χ3v) is 6.83. The van der Waals surface area contributed by atoms with Gasteiger partial charge in [-0.2, -0.15) is 5.10 Å². The minimum Gasteiger partial charge on any atom is -0.411 e. The Kier molecular flexibility index (Phi) is 3.93. The number of hydrogen-bond donors (Lipinski definition) is 2. The van der Waals surface area contributed by atoms with E-state index >= 15 is 0 Å². The summed E-state index contributed by atoms with van der Waals surface area (Å²) in [5, 5.41) is 20.9. The fourth-order valence-electron chi connectivity index (χ4n) is 4.15. The summed E-state index contributed by atoms with van der Waals surface area (Å²) >= 11 is 1.67. The molecule has 2 N–H and O–H groups in total. The zero-order valence-electron chi connectivity index (χ0n) is 14.8. The number of nitrogens with one attached hydrogen (secondary N) is 1. The van der Waals surface area contributed by atoms with Gasteiger partial charge in [0.05, 0.1) is 10.9 Å². The number of thiazole rings is 1. The summed E-state index contributed by atoms with van der Waals surface area (Å²) in [6, 6.07) is 10.5. The molecule has 1 fully saturated rings. The van der Waals surface area contributed by atoms with Crippen LogP contribution in [0.4, 0.5) is 0 Å². The van der Waals surface area contributed by atoms with Crippen molar-refractivity contribution in [1.82, 2.24) is 15.2 Å². The molecule has 5 rings (SSSR count). The van der Waals surface area contributed by atoms with Crippen molar-refractivity contribution in [1.29, 1.82) is 0 Å². The highest BCUT2D eigenvalue weighted by Crippen LogP contribution is 2.43. The molecule has 6 heteroatoms. The van der Waals surface area contributed by atoms with Crippen molar-refractivity contribution < 1.29 is 5.21 Å². The lowest BCUT2D eigenvalue weighted by molar-refractivity contribution is 0.305. The third-order valence-electron chi connectivity index (χ3n) is 5.88. The Morgan fingerprint density at radius 2 is 2.11 bits per heavy atom. The van der Waals surface area contributed by atoms with E-state index in [0.717, 1.165) is 36.2 Å². The normalized spacial score (nSPS) is 22.4. The molecule has 0 amide bonds. The molecule has 2 heterocycles. The second-order valence-electron chi connectivity index (χ2n) is 7.29. The van der Waals surface area contributed by atoms with E-state index in [9.17, 15) is 5.21 Å². The molecular formula is C21H20N4OS. The summed E-state index contributed by atoms with van der Waals surface area (Å²) in [6.07, 6.45) is 10.5. The Morgan fingerprint density at radius 3 is 2.78 bits per heavy atom. The molecule has 1 aromatic carbocycles. The Balaban J connectivity index is 1.60. The smallest absolute Gasteiger partial charge is 0.117 e. The van der Waals surface area contributed by atoms with Crippen LogP contribution in [0, 0.1) is 5.92 Å². The van der Waals surface area contributed by atoms with Crippen molar-refractivity contribution in [2.24, 2.45) is 11.1 Å². The number of oxime groups is 1. The topological polar surface area (TPSA) is 74.2 Å². The van der Waals surface area contributed by atoms with Crippen molar-refractivity contribution in [2.75, 3.05) is 0 Å². The maximum atomic E-state index is 9.57. The molecule has 0 bridgehead atoms. The van der Waals surface area contributed by atoms with Gasteiger partial charge in [-0.15, -0.1) is 11.3 Å². The number of fused-ring (bicyclic) bond motifs is 1. The zero-order valence-corrected chi connectivity index (χ0v) is 15.6. The second-order valence-corrected chi connectivity index (χ2v) is 8.18. The molecule has 0 saturated heterocycles. The highest BCUT2D eigenvalue weighted by atomic mass is 32.1. The number of aromatic nitrogens is 3. The zero-order chi connectivity index (χ0) is 18.3. The van der Waals surface area contributed by atoms with Crippen LogP contribution in [0.3, 0.4) is 0 Å². The number of H-pyrrole nitrogens is 1. The second kappa shape index (κ2) is 6.46. The van der Waals surface area contributed by atoms with Crippen LogP contribution in [0.2, 0.25) is 0 Å². The quantitative estimate of drug-likeness (QED) is 0.403. The van der Waals surface area contributed by atoms with E-state index in [1.54, 1.807) is 11.3 Å². The number of nitrogens with zero attached hydrogens (tertiary/aromatic N) is 3. The Bertz CT molecular complexity index is 1000. The van der Waals surface area contributed by atoms with Crippen LogP contribution in [-0.4, -0.2) is 26.1 Å². The van der Waals surface area contributed by atoms with Gasteiger partial charge in [0.1, 0.15) is 11.4 Å². The summed E-state index contributed by atoms with van der Waals surface area (Å²) in [5.74, 6) is 0.318. The molecule has 0 spiro atoms. The summed E-state index contributed by atoms with van der Waals surface area (Å²) in [6.45, 7) is 0. The van der Waals surface area contributed by atoms with Gasteiger partial charge in [0.25, 0.3) is 0 Å². The van der Waals surface area contributed by atoms with Crippen LogP contribution >= 0.6 is 11.3 Å². The van der Waals surface area contributed by atoms with E-state index in [1.165, 1.54) is 16.9 Å². The van der Waals surface area contributed by atoms with Crippen LogP contribution in [0.15, 0.2) is 53.3 Å². The summed E-state index contributed by atoms with van der Waals surface area (Å²) in [5.41, 5.74) is 6.49. The molecule has 0 aliphatic heterocycles. The molecule has 5 nitrogen and oxygen atoms in total. The molecule has 2 aromatic heterocycles. The third kappa shape index (κ3) is 2.55. The first-order chi connectivity index (χ1) is 13.3. The maximum absolute atomic E-state index is 9.57. The molecule has 2 aliphatic carbocycles. The number of benzene rings is 1. The molecule has 3 aromatic rings. The van der Waals surface area contributed by atoms with Gasteiger partial charge in [0, 0.05) is 34.7 Å². The lowest BCUT2D eigenvalue weighted by Gasteiger charge is -2.33. The number of allylic oxidation sites excluding steroid dienone is 1. The molecule has 2 aliphatic rings. The van der Waals surface area contributed by atoms with Crippen molar-refractivity contribution in [3.8, 4) is 0 Å². The lowest BCUT2D eigenvalue weighted by atomic mass is 9.71. The van der Waals surface area contributed by atoms with Crippen LogP contribution < -0.4 is 0 Å². The van der Waals surface area contributed by atoms with Crippen molar-refractivity contribution in [3.63, 3.8) is 0 Å². The molecule has 1 saturated carbocycles. The van der Waals surface area contributed by atoms with Crippen molar-refractivity contribution in [3.05, 3.63) is 75.5 Å². The van der Waals surface area contributed by atoms with E-state index in [4.69, 9.17) is 0 Å². The first-order valence-corrected chi connectivity index (χ1v) is 10.1. The van der Waals surface area contributed by atoms with Gasteiger partial charge in [-0.3, -0.25) is 10.1 Å². The number of aromatic amines is 1. The minimum atomic E-state index is -0.258. The lowest BCUT2D eigenvalue weighted by Crippen LogP contribution is -2.30. The van der Waals surface area contributed by atoms with Crippen molar-refractivity contribution in [2.45, 2.75) is 31.1 Å². The Morgan fingerprint density at radius 1 is 1.26 bits per heavy atom. The highest BCUT2D eigenvalue weighted by Gasteiger charge is 2.39. The van der Waals surface area contributed by atoms with Crippen LogP contribution in [0.25, 0.3) is 6.08 Å². The van der Waals surface area contributed by atoms with E-state index in [-0.39, 0.29) is 5.41 Å². The van der Waals surface area contributed by atoms with E-state index < -0.39 is 0 Å². The monoisotopic (exact) mass is 376 g/mol. The largest absolute Gasteiger partial charge is 0.411 e. The number of hydrogen-bond acceptors (Lipinski definition) is 5. The van der Waals surface area contributed by atoms with Crippen LogP contribution in [-0.2, 0) is 11.8 Å². The van der Waals surface area contributed by atoms with Gasteiger partial charge in [0.2, 0.25) is 0 Å². The molecular weight excluding hydrogens is 356 g/mol. The minimum absolute atomic E-state index is 0.258. The Hall–Kier alpha value is -2.73. The molecule has 0 radical (unpaired) electrons.